The number of anilines is 1. The molecule has 1 N–H and O–H groups in total. The Kier molecular flexibility index (Phi) is 7.22. The molecule has 3 aromatic rings. The van der Waals surface area contributed by atoms with Crippen molar-refractivity contribution in [3.8, 4) is 17.2 Å². The number of benzene rings is 3. The van der Waals surface area contributed by atoms with Crippen LogP contribution in [0.15, 0.2) is 66.2 Å². The van der Waals surface area contributed by atoms with Gasteiger partial charge in [-0.25, -0.2) is 0 Å². The van der Waals surface area contributed by atoms with E-state index < -0.39 is 29.5 Å². The molecule has 0 bridgehead atoms. The minimum atomic E-state index is -0.997. The van der Waals surface area contributed by atoms with Crippen molar-refractivity contribution in [3.05, 3.63) is 87.9 Å². The van der Waals surface area contributed by atoms with Crippen molar-refractivity contribution in [2.45, 2.75) is 19.9 Å². The molecule has 1 aliphatic rings. The summed E-state index contributed by atoms with van der Waals surface area (Å²) in [4.78, 5) is 39.4. The Morgan fingerprint density at radius 2 is 1.57 bits per heavy atom. The standard InChI is InChI=1S/C28H24ClNO7/c1-15-13-21(27(36-4)22(29)14-15)25(32)23-24(17-5-9-20(10-6-17)37-16(2)31)30(28(34)26(23)33)18-7-11-19(35-3)12-8-18/h5-14,24,32H,1-4H3/b25-23+. The van der Waals surface area contributed by atoms with Crippen LogP contribution in [-0.2, 0) is 14.4 Å². The fourth-order valence-corrected chi connectivity index (χ4v) is 4.65. The monoisotopic (exact) mass is 521 g/mol. The summed E-state index contributed by atoms with van der Waals surface area (Å²) >= 11 is 6.34. The van der Waals surface area contributed by atoms with Gasteiger partial charge in [-0.15, -0.1) is 0 Å². The lowest BCUT2D eigenvalue weighted by molar-refractivity contribution is -0.132. The number of halogens is 1. The van der Waals surface area contributed by atoms with Gasteiger partial charge in [-0.05, 0) is 66.6 Å². The number of hydrogen-bond donors (Lipinski definition) is 1. The van der Waals surface area contributed by atoms with E-state index in [4.69, 9.17) is 25.8 Å². The molecule has 0 radical (unpaired) electrons. The molecule has 37 heavy (non-hydrogen) atoms. The normalized spacial score (nSPS) is 16.6. The molecule has 1 saturated heterocycles. The second-order valence-electron chi connectivity index (χ2n) is 8.36. The Morgan fingerprint density at radius 3 is 2.14 bits per heavy atom. The van der Waals surface area contributed by atoms with Crippen LogP contribution in [0.25, 0.3) is 5.76 Å². The van der Waals surface area contributed by atoms with Crippen molar-refractivity contribution >= 4 is 40.7 Å². The lowest BCUT2D eigenvalue weighted by atomic mass is 9.94. The second-order valence-corrected chi connectivity index (χ2v) is 8.76. The van der Waals surface area contributed by atoms with Crippen molar-refractivity contribution in [1.29, 1.82) is 0 Å². The maximum absolute atomic E-state index is 13.4. The Labute approximate surface area is 218 Å². The predicted octanol–water partition coefficient (Wildman–Crippen LogP) is 5.22. The summed E-state index contributed by atoms with van der Waals surface area (Å²) in [5.41, 5.74) is 1.69. The summed E-state index contributed by atoms with van der Waals surface area (Å²) in [7, 11) is 2.92. The van der Waals surface area contributed by atoms with Gasteiger partial charge in [0.2, 0.25) is 0 Å². The number of aliphatic hydroxyl groups excluding tert-OH is 1. The molecule has 0 spiro atoms. The molecular weight excluding hydrogens is 498 g/mol. The molecule has 1 aliphatic heterocycles. The van der Waals surface area contributed by atoms with Gasteiger partial charge in [0.25, 0.3) is 11.7 Å². The first-order chi connectivity index (χ1) is 17.7. The van der Waals surface area contributed by atoms with E-state index in [-0.39, 0.29) is 21.9 Å². The number of Topliss-reactive ketones (excluding diaryl/α,β-unsaturated/α-hetero) is 1. The predicted molar refractivity (Wildman–Crippen MR) is 138 cm³/mol. The Balaban J connectivity index is 1.95. The van der Waals surface area contributed by atoms with E-state index >= 15 is 0 Å². The van der Waals surface area contributed by atoms with Crippen LogP contribution in [0.1, 0.15) is 29.7 Å². The van der Waals surface area contributed by atoms with Crippen molar-refractivity contribution in [1.82, 2.24) is 0 Å². The van der Waals surface area contributed by atoms with E-state index in [1.54, 1.807) is 67.6 Å². The van der Waals surface area contributed by atoms with Gasteiger partial charge >= 0.3 is 5.97 Å². The SMILES string of the molecule is COc1ccc(N2C(=O)C(=O)/C(=C(/O)c3cc(C)cc(Cl)c3OC)C2c2ccc(OC(C)=O)cc2)cc1. The number of nitrogens with zero attached hydrogens (tertiary/aromatic N) is 1. The fraction of sp³-hybridized carbons (Fsp3) is 0.179. The van der Waals surface area contributed by atoms with Crippen LogP contribution in [0.5, 0.6) is 17.2 Å². The molecule has 1 atom stereocenters. The largest absolute Gasteiger partial charge is 0.507 e. The number of carbonyl (C=O) groups excluding carboxylic acids is 3. The van der Waals surface area contributed by atoms with Crippen LogP contribution in [0.2, 0.25) is 5.02 Å². The number of esters is 1. The zero-order valence-corrected chi connectivity index (χ0v) is 21.3. The fourth-order valence-electron chi connectivity index (χ4n) is 4.30. The third-order valence-corrected chi connectivity index (χ3v) is 6.18. The summed E-state index contributed by atoms with van der Waals surface area (Å²) in [6.45, 7) is 3.07. The number of amides is 1. The van der Waals surface area contributed by atoms with E-state index in [9.17, 15) is 19.5 Å². The quantitative estimate of drug-likeness (QED) is 0.156. The van der Waals surface area contributed by atoms with Crippen molar-refractivity contribution in [2.75, 3.05) is 19.1 Å². The molecule has 1 heterocycles. The van der Waals surface area contributed by atoms with Crippen LogP contribution in [0.3, 0.4) is 0 Å². The van der Waals surface area contributed by atoms with Gasteiger partial charge in [-0.3, -0.25) is 19.3 Å². The van der Waals surface area contributed by atoms with E-state index in [1.807, 2.05) is 0 Å². The highest BCUT2D eigenvalue weighted by atomic mass is 35.5. The first-order valence-electron chi connectivity index (χ1n) is 11.2. The van der Waals surface area contributed by atoms with Crippen molar-refractivity contribution in [2.24, 2.45) is 0 Å². The lowest BCUT2D eigenvalue weighted by Crippen LogP contribution is -2.29. The Bertz CT molecular complexity index is 1410. The first kappa shape index (κ1) is 25.8. The number of ether oxygens (including phenoxy) is 3. The van der Waals surface area contributed by atoms with E-state index in [0.717, 1.165) is 5.56 Å². The number of carbonyl (C=O) groups is 3. The number of methoxy groups -OCH3 is 2. The van der Waals surface area contributed by atoms with Gasteiger partial charge in [0.05, 0.1) is 36.4 Å². The van der Waals surface area contributed by atoms with Gasteiger partial charge in [0, 0.05) is 12.6 Å². The highest BCUT2D eigenvalue weighted by Gasteiger charge is 2.47. The molecular formula is C28H24ClNO7. The number of aryl methyl sites for hydroxylation is 1. The number of rotatable bonds is 6. The van der Waals surface area contributed by atoms with Crippen LogP contribution >= 0.6 is 11.6 Å². The maximum Gasteiger partial charge on any atom is 0.308 e. The number of aliphatic hydroxyl groups is 1. The summed E-state index contributed by atoms with van der Waals surface area (Å²) in [5, 5.41) is 11.7. The van der Waals surface area contributed by atoms with Gasteiger partial charge in [-0.1, -0.05) is 23.7 Å². The smallest absolute Gasteiger partial charge is 0.308 e. The molecule has 0 aliphatic carbocycles. The molecule has 8 nitrogen and oxygen atoms in total. The molecule has 9 heteroatoms. The highest BCUT2D eigenvalue weighted by molar-refractivity contribution is 6.51. The van der Waals surface area contributed by atoms with Crippen molar-refractivity contribution in [3.63, 3.8) is 0 Å². The van der Waals surface area contributed by atoms with Crippen LogP contribution < -0.4 is 19.1 Å². The Hall–Kier alpha value is -4.30. The minimum Gasteiger partial charge on any atom is -0.507 e. The van der Waals surface area contributed by atoms with Crippen LogP contribution in [-0.4, -0.2) is 37.0 Å². The van der Waals surface area contributed by atoms with Gasteiger partial charge < -0.3 is 19.3 Å². The molecule has 190 valence electrons. The first-order valence-corrected chi connectivity index (χ1v) is 11.6. The minimum absolute atomic E-state index is 0.138. The Morgan fingerprint density at radius 1 is 0.946 bits per heavy atom. The highest BCUT2D eigenvalue weighted by Crippen LogP contribution is 2.45. The number of ketones is 1. The van der Waals surface area contributed by atoms with Gasteiger partial charge in [-0.2, -0.15) is 0 Å². The topological polar surface area (TPSA) is 102 Å². The van der Waals surface area contributed by atoms with E-state index in [2.05, 4.69) is 0 Å². The van der Waals surface area contributed by atoms with E-state index in [1.165, 1.54) is 26.0 Å². The average molecular weight is 522 g/mol. The lowest BCUT2D eigenvalue weighted by Gasteiger charge is -2.26. The van der Waals surface area contributed by atoms with Crippen molar-refractivity contribution < 1.29 is 33.7 Å². The number of hydrogen-bond acceptors (Lipinski definition) is 7. The van der Waals surface area contributed by atoms with Crippen LogP contribution in [0.4, 0.5) is 5.69 Å². The third-order valence-electron chi connectivity index (χ3n) is 5.90. The summed E-state index contributed by atoms with van der Waals surface area (Å²) < 4.78 is 15.7. The maximum atomic E-state index is 13.4. The molecule has 1 unspecified atom stereocenters. The zero-order valence-electron chi connectivity index (χ0n) is 20.6. The van der Waals surface area contributed by atoms with Crippen LogP contribution in [0, 0.1) is 6.92 Å². The van der Waals surface area contributed by atoms with Gasteiger partial charge in [0.1, 0.15) is 23.0 Å². The molecule has 4 rings (SSSR count). The molecule has 1 fully saturated rings. The zero-order chi connectivity index (χ0) is 26.9. The molecule has 3 aromatic carbocycles. The molecule has 0 saturated carbocycles. The summed E-state index contributed by atoms with van der Waals surface area (Å²) in [5.74, 6) is -1.57. The molecule has 0 aromatic heterocycles. The molecule has 1 amide bonds. The average Bonchev–Trinajstić information content (AvgIpc) is 3.13. The summed E-state index contributed by atoms with van der Waals surface area (Å²) in [6.07, 6.45) is 0. The second kappa shape index (κ2) is 10.4. The van der Waals surface area contributed by atoms with E-state index in [0.29, 0.717) is 22.7 Å². The van der Waals surface area contributed by atoms with Gasteiger partial charge in [0.15, 0.2) is 0 Å². The summed E-state index contributed by atoms with van der Waals surface area (Å²) in [6, 6.07) is 15.3. The third kappa shape index (κ3) is 4.88.